The smallest absolute Gasteiger partial charge is 0.338 e. The van der Waals surface area contributed by atoms with Crippen molar-refractivity contribution in [3.63, 3.8) is 0 Å². The van der Waals surface area contributed by atoms with E-state index < -0.39 is 23.7 Å². The number of aromatic amines is 1. The normalized spacial score (nSPS) is 16.8. The SMILES string of the molecule is CCCOC(=O)c1ccc(CN2C(=O)C(=O)/C(=C(\O)c3c[nH]c4ccccc34)C2c2cccc(C)c2)cc1. The van der Waals surface area contributed by atoms with Crippen molar-refractivity contribution in [3.05, 3.63) is 112 Å². The van der Waals surface area contributed by atoms with Crippen molar-refractivity contribution in [2.75, 3.05) is 6.61 Å². The van der Waals surface area contributed by atoms with Crippen LogP contribution < -0.4 is 0 Å². The molecule has 38 heavy (non-hydrogen) atoms. The zero-order valence-corrected chi connectivity index (χ0v) is 21.2. The number of aliphatic hydroxyl groups is 1. The number of ketones is 1. The fourth-order valence-corrected chi connectivity index (χ4v) is 4.86. The zero-order valence-electron chi connectivity index (χ0n) is 21.2. The Kier molecular flexibility index (Phi) is 6.83. The number of carbonyl (C=O) groups excluding carboxylic acids is 3. The molecule has 1 aromatic heterocycles. The maximum absolute atomic E-state index is 13.4. The van der Waals surface area contributed by atoms with Crippen molar-refractivity contribution >= 4 is 34.3 Å². The van der Waals surface area contributed by atoms with E-state index in [1.165, 1.54) is 4.90 Å². The first-order valence-electron chi connectivity index (χ1n) is 12.6. The van der Waals surface area contributed by atoms with Gasteiger partial charge in [0.05, 0.1) is 23.8 Å². The Hall–Kier alpha value is -4.65. The highest BCUT2D eigenvalue weighted by Crippen LogP contribution is 2.41. The largest absolute Gasteiger partial charge is 0.507 e. The van der Waals surface area contributed by atoms with Crippen LogP contribution in [0, 0.1) is 6.92 Å². The second-order valence-corrected chi connectivity index (χ2v) is 9.42. The summed E-state index contributed by atoms with van der Waals surface area (Å²) in [4.78, 5) is 43.6. The minimum Gasteiger partial charge on any atom is -0.507 e. The van der Waals surface area contributed by atoms with Gasteiger partial charge in [0.15, 0.2) is 0 Å². The van der Waals surface area contributed by atoms with Crippen LogP contribution in [0.5, 0.6) is 0 Å². The number of aromatic nitrogens is 1. The molecule has 7 nitrogen and oxygen atoms in total. The van der Waals surface area contributed by atoms with E-state index in [2.05, 4.69) is 4.98 Å². The Balaban J connectivity index is 1.56. The molecule has 192 valence electrons. The molecule has 7 heteroatoms. The lowest BCUT2D eigenvalue weighted by Gasteiger charge is -2.25. The third-order valence-corrected chi connectivity index (χ3v) is 6.72. The maximum Gasteiger partial charge on any atom is 0.338 e. The predicted molar refractivity (Wildman–Crippen MR) is 144 cm³/mol. The summed E-state index contributed by atoms with van der Waals surface area (Å²) in [5, 5.41) is 12.2. The molecule has 0 saturated carbocycles. The molecule has 1 amide bonds. The van der Waals surface area contributed by atoms with E-state index >= 15 is 0 Å². The molecule has 1 atom stereocenters. The van der Waals surface area contributed by atoms with Gasteiger partial charge in [0, 0.05) is 29.2 Å². The molecule has 1 fully saturated rings. The number of aliphatic hydroxyl groups excluding tert-OH is 1. The van der Waals surface area contributed by atoms with E-state index in [4.69, 9.17) is 4.74 Å². The Morgan fingerprint density at radius 3 is 2.53 bits per heavy atom. The van der Waals surface area contributed by atoms with Crippen LogP contribution in [0.4, 0.5) is 0 Å². The third kappa shape index (κ3) is 4.59. The number of likely N-dealkylation sites (tertiary alicyclic amines) is 1. The van der Waals surface area contributed by atoms with Crippen LogP contribution in [0.25, 0.3) is 16.7 Å². The van der Waals surface area contributed by atoms with Crippen molar-refractivity contribution in [2.24, 2.45) is 0 Å². The molecular weight excluding hydrogens is 480 g/mol. The highest BCUT2D eigenvalue weighted by molar-refractivity contribution is 6.46. The number of carbonyl (C=O) groups is 3. The topological polar surface area (TPSA) is 99.7 Å². The van der Waals surface area contributed by atoms with E-state index in [1.54, 1.807) is 30.5 Å². The minimum atomic E-state index is -0.780. The first kappa shape index (κ1) is 25.0. The van der Waals surface area contributed by atoms with E-state index in [0.717, 1.165) is 34.0 Å². The van der Waals surface area contributed by atoms with Crippen LogP contribution in [0.1, 0.15) is 52.0 Å². The number of nitrogens with zero attached hydrogens (tertiary/aromatic N) is 1. The van der Waals surface area contributed by atoms with Crippen LogP contribution >= 0.6 is 0 Å². The van der Waals surface area contributed by atoms with Crippen molar-refractivity contribution < 1.29 is 24.2 Å². The monoisotopic (exact) mass is 508 g/mol. The van der Waals surface area contributed by atoms with Gasteiger partial charge >= 0.3 is 5.97 Å². The van der Waals surface area contributed by atoms with Crippen LogP contribution in [-0.4, -0.2) is 39.3 Å². The van der Waals surface area contributed by atoms with Crippen LogP contribution in [0.15, 0.2) is 84.6 Å². The minimum absolute atomic E-state index is 0.0464. The van der Waals surface area contributed by atoms with Crippen LogP contribution in [-0.2, 0) is 20.9 Å². The summed E-state index contributed by atoms with van der Waals surface area (Å²) in [5.41, 5.74) is 4.17. The van der Waals surface area contributed by atoms with Gasteiger partial charge in [-0.2, -0.15) is 0 Å². The molecule has 0 bridgehead atoms. The number of Topliss-reactive ketones (excluding diaryl/α,β-unsaturated/α-hetero) is 1. The standard InChI is InChI=1S/C31H28N2O5/c1-3-15-38-31(37)21-13-11-20(12-14-21)18-33-27(22-8-6-7-19(2)16-22)26(29(35)30(33)36)28(34)24-17-32-25-10-5-4-9-23(24)25/h4-14,16-17,27,32,34H,3,15,18H2,1-2H3/b28-26-. The Labute approximate surface area is 220 Å². The summed E-state index contributed by atoms with van der Waals surface area (Å²) < 4.78 is 5.19. The maximum atomic E-state index is 13.4. The van der Waals surface area contributed by atoms with Crippen molar-refractivity contribution in [3.8, 4) is 0 Å². The second kappa shape index (κ2) is 10.4. The molecule has 0 aliphatic carbocycles. The van der Waals surface area contributed by atoms with Crippen molar-refractivity contribution in [1.82, 2.24) is 9.88 Å². The van der Waals surface area contributed by atoms with E-state index in [9.17, 15) is 19.5 Å². The van der Waals surface area contributed by atoms with Gasteiger partial charge in [0.25, 0.3) is 11.7 Å². The third-order valence-electron chi connectivity index (χ3n) is 6.72. The Bertz CT molecular complexity index is 1560. The summed E-state index contributed by atoms with van der Waals surface area (Å²) in [6.07, 6.45) is 2.38. The zero-order chi connectivity index (χ0) is 26.8. The molecule has 0 spiro atoms. The summed E-state index contributed by atoms with van der Waals surface area (Å²) in [5.74, 6) is -2.05. The quantitative estimate of drug-likeness (QED) is 0.145. The molecule has 5 rings (SSSR count). The molecule has 0 radical (unpaired) electrons. The van der Waals surface area contributed by atoms with Gasteiger partial charge in [-0.25, -0.2) is 4.79 Å². The number of aryl methyl sites for hydroxylation is 1. The first-order valence-corrected chi connectivity index (χ1v) is 12.6. The lowest BCUT2D eigenvalue weighted by molar-refractivity contribution is -0.140. The number of para-hydroxylation sites is 1. The number of fused-ring (bicyclic) bond motifs is 1. The number of hydrogen-bond acceptors (Lipinski definition) is 5. The highest BCUT2D eigenvalue weighted by Gasteiger charge is 2.46. The summed E-state index contributed by atoms with van der Waals surface area (Å²) in [6, 6.07) is 21.0. The van der Waals surface area contributed by atoms with Gasteiger partial charge in [-0.3, -0.25) is 9.59 Å². The fraction of sp³-hybridized carbons (Fsp3) is 0.194. The number of rotatable bonds is 7. The molecule has 3 aromatic carbocycles. The summed E-state index contributed by atoms with van der Waals surface area (Å²) >= 11 is 0. The van der Waals surface area contributed by atoms with E-state index in [0.29, 0.717) is 17.7 Å². The highest BCUT2D eigenvalue weighted by atomic mass is 16.5. The number of hydrogen-bond donors (Lipinski definition) is 2. The number of benzene rings is 3. The van der Waals surface area contributed by atoms with E-state index in [1.807, 2.05) is 62.4 Å². The van der Waals surface area contributed by atoms with E-state index in [-0.39, 0.29) is 17.9 Å². The second-order valence-electron chi connectivity index (χ2n) is 9.42. The molecule has 1 saturated heterocycles. The lowest BCUT2D eigenvalue weighted by atomic mass is 9.94. The number of amides is 1. The van der Waals surface area contributed by atoms with Gasteiger partial charge < -0.3 is 19.7 Å². The number of ether oxygens (including phenoxy) is 1. The Morgan fingerprint density at radius 1 is 1.03 bits per heavy atom. The van der Waals surface area contributed by atoms with Crippen LogP contribution in [0.2, 0.25) is 0 Å². The van der Waals surface area contributed by atoms with Crippen molar-refractivity contribution in [2.45, 2.75) is 32.9 Å². The molecule has 2 N–H and O–H groups in total. The summed E-state index contributed by atoms with van der Waals surface area (Å²) in [6.45, 7) is 4.33. The molecular formula is C31H28N2O5. The molecule has 4 aromatic rings. The van der Waals surface area contributed by atoms with Gasteiger partial charge in [-0.05, 0) is 42.7 Å². The summed E-state index contributed by atoms with van der Waals surface area (Å²) in [7, 11) is 0. The predicted octanol–water partition coefficient (Wildman–Crippen LogP) is 5.67. The lowest BCUT2D eigenvalue weighted by Crippen LogP contribution is -2.29. The van der Waals surface area contributed by atoms with Gasteiger partial charge in [-0.1, -0.05) is 67.1 Å². The van der Waals surface area contributed by atoms with Crippen molar-refractivity contribution in [1.29, 1.82) is 0 Å². The average molecular weight is 509 g/mol. The molecule has 1 unspecified atom stereocenters. The molecule has 2 heterocycles. The molecule has 1 aliphatic rings. The van der Waals surface area contributed by atoms with Gasteiger partial charge in [0.1, 0.15) is 5.76 Å². The van der Waals surface area contributed by atoms with Gasteiger partial charge in [0.2, 0.25) is 0 Å². The fourth-order valence-electron chi connectivity index (χ4n) is 4.86. The first-order chi connectivity index (χ1) is 18.4. The Morgan fingerprint density at radius 2 is 1.79 bits per heavy atom. The van der Waals surface area contributed by atoms with Gasteiger partial charge in [-0.15, -0.1) is 0 Å². The number of esters is 1. The van der Waals surface area contributed by atoms with Crippen LogP contribution in [0.3, 0.4) is 0 Å². The number of H-pyrrole nitrogens is 1. The number of nitrogens with one attached hydrogen (secondary N) is 1. The average Bonchev–Trinajstić information content (AvgIpc) is 3.47. The molecule has 1 aliphatic heterocycles.